The first kappa shape index (κ1) is 28.8. The Morgan fingerprint density at radius 2 is 1.62 bits per heavy atom. The van der Waals surface area contributed by atoms with E-state index in [-0.39, 0.29) is 30.6 Å². The zero-order valence-electron chi connectivity index (χ0n) is 22.2. The Kier molecular flexibility index (Phi) is 8.56. The summed E-state index contributed by atoms with van der Waals surface area (Å²) in [7, 11) is 1.63. The number of carboxylic acids is 1. The summed E-state index contributed by atoms with van der Waals surface area (Å²) in [6.45, 7) is 1.98. The van der Waals surface area contributed by atoms with Gasteiger partial charge in [-0.15, -0.1) is 0 Å². The number of alkyl halides is 3. The molecule has 0 bridgehead atoms. The molecule has 1 aliphatic rings. The number of ether oxygens (including phenoxy) is 2. The second-order valence-corrected chi connectivity index (χ2v) is 9.99. The van der Waals surface area contributed by atoms with E-state index in [1.54, 1.807) is 55.6 Å². The summed E-state index contributed by atoms with van der Waals surface area (Å²) in [5.41, 5.74) is -1.39. The number of amides is 2. The van der Waals surface area contributed by atoms with Gasteiger partial charge in [0.2, 0.25) is 5.60 Å². The van der Waals surface area contributed by atoms with Gasteiger partial charge in [-0.05, 0) is 48.4 Å². The van der Waals surface area contributed by atoms with Crippen molar-refractivity contribution in [1.82, 2.24) is 9.80 Å². The van der Waals surface area contributed by atoms with Crippen LogP contribution >= 0.6 is 0 Å². The summed E-state index contributed by atoms with van der Waals surface area (Å²) < 4.78 is 51.7. The Labute approximate surface area is 230 Å². The van der Waals surface area contributed by atoms with E-state index in [0.29, 0.717) is 31.1 Å². The Hall–Kier alpha value is -4.21. The molecule has 2 unspecified atom stereocenters. The zero-order valence-corrected chi connectivity index (χ0v) is 22.2. The predicted octanol–water partition coefficient (Wildman–Crippen LogP) is 5.88. The van der Waals surface area contributed by atoms with Crippen LogP contribution in [0, 0.1) is 0 Å². The minimum Gasteiger partial charge on any atom is -0.494 e. The Morgan fingerprint density at radius 1 is 0.975 bits per heavy atom. The van der Waals surface area contributed by atoms with Gasteiger partial charge >= 0.3 is 18.2 Å². The van der Waals surface area contributed by atoms with Crippen LogP contribution in [-0.4, -0.2) is 58.7 Å². The van der Waals surface area contributed by atoms with Gasteiger partial charge in [0.05, 0.1) is 18.2 Å². The van der Waals surface area contributed by atoms with Crippen LogP contribution < -0.4 is 9.47 Å². The van der Waals surface area contributed by atoms with Gasteiger partial charge in [-0.1, -0.05) is 48.5 Å². The van der Waals surface area contributed by atoms with Gasteiger partial charge in [0, 0.05) is 33.0 Å². The van der Waals surface area contributed by atoms with Crippen LogP contribution in [0.4, 0.5) is 18.0 Å². The van der Waals surface area contributed by atoms with Crippen molar-refractivity contribution in [2.45, 2.75) is 44.1 Å². The number of carbonyl (C=O) groups is 2. The number of hydrogen-bond acceptors (Lipinski definition) is 4. The van der Waals surface area contributed by atoms with Gasteiger partial charge in [0.25, 0.3) is 0 Å². The molecule has 0 aliphatic carbocycles. The number of rotatable bonds is 11. The van der Waals surface area contributed by atoms with E-state index in [4.69, 9.17) is 9.47 Å². The number of aliphatic carboxylic acids is 1. The highest BCUT2D eigenvalue weighted by atomic mass is 19.4. The minimum absolute atomic E-state index is 0.0573. The molecule has 2 amide bonds. The second kappa shape index (κ2) is 11.9. The van der Waals surface area contributed by atoms with E-state index >= 15 is 0 Å². The topological polar surface area (TPSA) is 79.3 Å². The molecule has 1 heterocycles. The molecule has 0 aromatic heterocycles. The van der Waals surface area contributed by atoms with Crippen molar-refractivity contribution in [2.24, 2.45) is 0 Å². The average molecular weight is 557 g/mol. The van der Waals surface area contributed by atoms with Crippen molar-refractivity contribution in [3.8, 4) is 11.5 Å². The Morgan fingerprint density at radius 3 is 2.27 bits per heavy atom. The van der Waals surface area contributed by atoms with Crippen LogP contribution in [-0.2, 0) is 23.9 Å². The third-order valence-corrected chi connectivity index (χ3v) is 6.96. The lowest BCUT2D eigenvalue weighted by atomic mass is 9.96. The molecule has 10 heteroatoms. The van der Waals surface area contributed by atoms with Crippen molar-refractivity contribution in [2.75, 3.05) is 20.2 Å². The standard InChI is InChI=1S/C30H31F3N2O5/c1-29(27(36)37,40-25-9-4-3-5-10-25)18-21-12-14-24(15-13-21)39-17-16-23-20-35(28(38)34(23)2)19-22-8-6-7-11-26(22)30(31,32)33/h3-15,23H,16-20H2,1-2H3,(H,36,37). The monoisotopic (exact) mass is 556 g/mol. The smallest absolute Gasteiger partial charge is 0.416 e. The van der Waals surface area contributed by atoms with Gasteiger partial charge in [0.1, 0.15) is 11.5 Å². The number of likely N-dealkylation sites (N-methyl/N-ethyl adjacent to an activating group) is 1. The van der Waals surface area contributed by atoms with Crippen molar-refractivity contribution < 1.29 is 37.3 Å². The molecule has 3 aromatic carbocycles. The van der Waals surface area contributed by atoms with E-state index in [2.05, 4.69) is 0 Å². The molecule has 1 aliphatic heterocycles. The number of urea groups is 1. The zero-order chi connectivity index (χ0) is 28.9. The molecule has 7 nitrogen and oxygen atoms in total. The quantitative estimate of drug-likeness (QED) is 0.319. The van der Waals surface area contributed by atoms with Gasteiger partial charge in [-0.3, -0.25) is 0 Å². The summed E-state index contributed by atoms with van der Waals surface area (Å²) in [5, 5.41) is 9.79. The van der Waals surface area contributed by atoms with Gasteiger partial charge in [-0.25, -0.2) is 9.59 Å². The van der Waals surface area contributed by atoms with E-state index in [1.807, 2.05) is 6.07 Å². The molecular formula is C30H31F3N2O5. The first-order valence-corrected chi connectivity index (χ1v) is 12.8. The highest BCUT2D eigenvalue weighted by molar-refractivity contribution is 5.78. The molecule has 0 saturated carbocycles. The molecule has 212 valence electrons. The average Bonchev–Trinajstić information content (AvgIpc) is 3.17. The maximum Gasteiger partial charge on any atom is 0.416 e. The van der Waals surface area contributed by atoms with Crippen LogP contribution in [0.5, 0.6) is 11.5 Å². The molecular weight excluding hydrogens is 525 g/mol. The molecule has 2 atom stereocenters. The van der Waals surface area contributed by atoms with Crippen LogP contribution in [0.3, 0.4) is 0 Å². The number of carboxylic acid groups (broad SMARTS) is 1. The number of halogens is 3. The molecule has 40 heavy (non-hydrogen) atoms. The molecule has 4 rings (SSSR count). The molecule has 1 fully saturated rings. The summed E-state index contributed by atoms with van der Waals surface area (Å²) >= 11 is 0. The maximum atomic E-state index is 13.4. The SMILES string of the molecule is CN1C(=O)N(Cc2ccccc2C(F)(F)F)CC1CCOc1ccc(CC(C)(Oc2ccccc2)C(=O)O)cc1. The molecule has 1 N–H and O–H groups in total. The van der Waals surface area contributed by atoms with E-state index < -0.39 is 23.3 Å². The first-order valence-electron chi connectivity index (χ1n) is 12.8. The third kappa shape index (κ3) is 6.86. The highest BCUT2D eigenvalue weighted by Crippen LogP contribution is 2.33. The van der Waals surface area contributed by atoms with Crippen LogP contribution in [0.15, 0.2) is 78.9 Å². The summed E-state index contributed by atoms with van der Waals surface area (Å²) in [5.74, 6) is -0.0404. The van der Waals surface area contributed by atoms with Gasteiger partial charge < -0.3 is 24.4 Å². The van der Waals surface area contributed by atoms with Crippen molar-refractivity contribution in [3.63, 3.8) is 0 Å². The fraction of sp³-hybridized carbons (Fsp3) is 0.333. The van der Waals surface area contributed by atoms with Crippen LogP contribution in [0.1, 0.15) is 30.0 Å². The highest BCUT2D eigenvalue weighted by Gasteiger charge is 2.38. The summed E-state index contributed by atoms with van der Waals surface area (Å²) in [6, 6.07) is 20.5. The van der Waals surface area contributed by atoms with Crippen molar-refractivity contribution >= 4 is 12.0 Å². The van der Waals surface area contributed by atoms with E-state index in [9.17, 15) is 27.9 Å². The lowest BCUT2D eigenvalue weighted by Gasteiger charge is -2.26. The lowest BCUT2D eigenvalue weighted by Crippen LogP contribution is -2.43. The van der Waals surface area contributed by atoms with Crippen molar-refractivity contribution in [3.05, 3.63) is 95.6 Å². The second-order valence-electron chi connectivity index (χ2n) is 9.99. The van der Waals surface area contributed by atoms with Crippen LogP contribution in [0.2, 0.25) is 0 Å². The summed E-state index contributed by atoms with van der Waals surface area (Å²) in [6.07, 6.45) is -3.86. The third-order valence-electron chi connectivity index (χ3n) is 6.96. The predicted molar refractivity (Wildman–Crippen MR) is 142 cm³/mol. The van der Waals surface area contributed by atoms with E-state index in [0.717, 1.165) is 11.6 Å². The Bertz CT molecular complexity index is 1320. The minimum atomic E-state index is -4.49. The van der Waals surface area contributed by atoms with Crippen molar-refractivity contribution in [1.29, 1.82) is 0 Å². The van der Waals surface area contributed by atoms with Crippen LogP contribution in [0.25, 0.3) is 0 Å². The summed E-state index contributed by atoms with van der Waals surface area (Å²) in [4.78, 5) is 27.6. The number of benzene rings is 3. The molecule has 0 spiro atoms. The van der Waals surface area contributed by atoms with Gasteiger partial charge in [-0.2, -0.15) is 13.2 Å². The molecule has 0 radical (unpaired) electrons. The number of nitrogens with zero attached hydrogens (tertiary/aromatic N) is 2. The van der Waals surface area contributed by atoms with Gasteiger partial charge in [0.15, 0.2) is 0 Å². The normalized spacial score (nSPS) is 17.0. The lowest BCUT2D eigenvalue weighted by molar-refractivity contribution is -0.153. The fourth-order valence-corrected chi connectivity index (χ4v) is 4.70. The fourth-order valence-electron chi connectivity index (χ4n) is 4.70. The van der Waals surface area contributed by atoms with E-state index in [1.165, 1.54) is 34.9 Å². The maximum absolute atomic E-state index is 13.4. The number of carbonyl (C=O) groups excluding carboxylic acids is 1. The number of para-hydroxylation sites is 1. The first-order chi connectivity index (χ1) is 19.0. The molecule has 1 saturated heterocycles. The molecule has 3 aromatic rings. The largest absolute Gasteiger partial charge is 0.494 e. The number of hydrogen-bond donors (Lipinski definition) is 1. The Balaban J connectivity index is 1.30.